The standard InChI is InChI=1S/C18H21ClN2O2/c19-15-6-4-14(5-7-15)18(23)13-20-8-10-21(11-9-20)16-2-1-3-17(22)12-16/h1-7,12,18,22-23H,8-11,13H2. The first kappa shape index (κ1) is 16.1. The summed E-state index contributed by atoms with van der Waals surface area (Å²) in [5.74, 6) is 0.295. The Morgan fingerprint density at radius 3 is 2.35 bits per heavy atom. The van der Waals surface area contributed by atoms with E-state index in [4.69, 9.17) is 11.6 Å². The highest BCUT2D eigenvalue weighted by Gasteiger charge is 2.20. The van der Waals surface area contributed by atoms with Gasteiger partial charge in [-0.2, -0.15) is 0 Å². The monoisotopic (exact) mass is 332 g/mol. The van der Waals surface area contributed by atoms with Crippen LogP contribution in [0.3, 0.4) is 0 Å². The Morgan fingerprint density at radius 2 is 1.70 bits per heavy atom. The molecule has 4 nitrogen and oxygen atoms in total. The summed E-state index contributed by atoms with van der Waals surface area (Å²) >= 11 is 5.88. The van der Waals surface area contributed by atoms with E-state index in [1.165, 1.54) is 0 Å². The minimum atomic E-state index is -0.500. The summed E-state index contributed by atoms with van der Waals surface area (Å²) in [4.78, 5) is 4.52. The van der Waals surface area contributed by atoms with Gasteiger partial charge >= 0.3 is 0 Å². The molecule has 0 aromatic heterocycles. The van der Waals surface area contributed by atoms with Crippen LogP contribution in [0.4, 0.5) is 5.69 Å². The number of phenols is 1. The van der Waals surface area contributed by atoms with Gasteiger partial charge in [0.1, 0.15) is 5.75 Å². The maximum Gasteiger partial charge on any atom is 0.117 e. The first-order chi connectivity index (χ1) is 11.1. The van der Waals surface area contributed by atoms with Crippen LogP contribution in [0.2, 0.25) is 5.02 Å². The van der Waals surface area contributed by atoms with Crippen molar-refractivity contribution in [2.24, 2.45) is 0 Å². The van der Waals surface area contributed by atoms with Crippen molar-refractivity contribution in [1.29, 1.82) is 0 Å². The molecule has 23 heavy (non-hydrogen) atoms. The molecule has 1 unspecified atom stereocenters. The van der Waals surface area contributed by atoms with Crippen LogP contribution in [0.1, 0.15) is 11.7 Å². The molecule has 3 rings (SSSR count). The fourth-order valence-electron chi connectivity index (χ4n) is 2.91. The van der Waals surface area contributed by atoms with E-state index in [-0.39, 0.29) is 0 Å². The quantitative estimate of drug-likeness (QED) is 0.903. The molecular formula is C18H21ClN2O2. The van der Waals surface area contributed by atoms with Crippen LogP contribution in [0.25, 0.3) is 0 Å². The molecule has 5 heteroatoms. The zero-order valence-electron chi connectivity index (χ0n) is 12.9. The predicted octanol–water partition coefficient (Wildman–Crippen LogP) is 2.90. The normalized spacial score (nSPS) is 17.2. The van der Waals surface area contributed by atoms with E-state index in [0.717, 1.165) is 37.4 Å². The zero-order chi connectivity index (χ0) is 16.2. The SMILES string of the molecule is Oc1cccc(N2CCN(CC(O)c3ccc(Cl)cc3)CC2)c1. The molecule has 0 aliphatic carbocycles. The van der Waals surface area contributed by atoms with Crippen LogP contribution in [0.15, 0.2) is 48.5 Å². The Kier molecular flexibility index (Phi) is 5.06. The number of aromatic hydroxyl groups is 1. The Hall–Kier alpha value is -1.75. The minimum absolute atomic E-state index is 0.295. The van der Waals surface area contributed by atoms with Crippen molar-refractivity contribution in [3.8, 4) is 5.75 Å². The van der Waals surface area contributed by atoms with E-state index in [9.17, 15) is 10.2 Å². The lowest BCUT2D eigenvalue weighted by atomic mass is 10.1. The van der Waals surface area contributed by atoms with Crippen LogP contribution >= 0.6 is 11.6 Å². The summed E-state index contributed by atoms with van der Waals surface area (Å²) in [6.07, 6.45) is -0.500. The highest BCUT2D eigenvalue weighted by atomic mass is 35.5. The third kappa shape index (κ3) is 4.16. The van der Waals surface area contributed by atoms with Gasteiger partial charge in [0.15, 0.2) is 0 Å². The van der Waals surface area contributed by atoms with Gasteiger partial charge in [-0.25, -0.2) is 0 Å². The number of nitrogens with zero attached hydrogens (tertiary/aromatic N) is 2. The summed E-state index contributed by atoms with van der Waals surface area (Å²) < 4.78 is 0. The summed E-state index contributed by atoms with van der Waals surface area (Å²) in [6.45, 7) is 4.17. The topological polar surface area (TPSA) is 46.9 Å². The van der Waals surface area contributed by atoms with Crippen LogP contribution in [0, 0.1) is 0 Å². The van der Waals surface area contributed by atoms with Crippen molar-refractivity contribution in [3.63, 3.8) is 0 Å². The van der Waals surface area contributed by atoms with Gasteiger partial charge in [0.2, 0.25) is 0 Å². The van der Waals surface area contributed by atoms with Gasteiger partial charge in [0.25, 0.3) is 0 Å². The number of aliphatic hydroxyl groups excluding tert-OH is 1. The molecule has 0 spiro atoms. The lowest BCUT2D eigenvalue weighted by Crippen LogP contribution is -2.47. The number of rotatable bonds is 4. The zero-order valence-corrected chi connectivity index (χ0v) is 13.7. The fraction of sp³-hybridized carbons (Fsp3) is 0.333. The number of benzene rings is 2. The highest BCUT2D eigenvalue weighted by molar-refractivity contribution is 6.30. The van der Waals surface area contributed by atoms with Crippen molar-refractivity contribution < 1.29 is 10.2 Å². The maximum atomic E-state index is 10.4. The van der Waals surface area contributed by atoms with E-state index >= 15 is 0 Å². The lowest BCUT2D eigenvalue weighted by molar-refractivity contribution is 0.109. The second kappa shape index (κ2) is 7.21. The van der Waals surface area contributed by atoms with Crippen LogP contribution < -0.4 is 4.90 Å². The van der Waals surface area contributed by atoms with E-state index in [1.807, 2.05) is 24.3 Å². The Labute approximate surface area is 141 Å². The van der Waals surface area contributed by atoms with Crippen LogP contribution in [0.5, 0.6) is 5.75 Å². The van der Waals surface area contributed by atoms with Crippen molar-refractivity contribution in [3.05, 3.63) is 59.1 Å². The van der Waals surface area contributed by atoms with Crippen molar-refractivity contribution in [2.75, 3.05) is 37.6 Å². The van der Waals surface area contributed by atoms with Crippen molar-refractivity contribution in [1.82, 2.24) is 4.90 Å². The number of aliphatic hydroxyl groups is 1. The van der Waals surface area contributed by atoms with E-state index < -0.39 is 6.10 Å². The number of phenolic OH excluding ortho intramolecular Hbond substituents is 1. The second-order valence-electron chi connectivity index (χ2n) is 5.87. The molecule has 122 valence electrons. The third-order valence-electron chi connectivity index (χ3n) is 4.25. The number of halogens is 1. The highest BCUT2D eigenvalue weighted by Crippen LogP contribution is 2.22. The molecule has 1 atom stereocenters. The molecule has 1 heterocycles. The first-order valence-electron chi connectivity index (χ1n) is 7.82. The van der Waals surface area contributed by atoms with Gasteiger partial charge in [-0.3, -0.25) is 4.90 Å². The van der Waals surface area contributed by atoms with Crippen LogP contribution in [-0.2, 0) is 0 Å². The van der Waals surface area contributed by atoms with Gasteiger partial charge in [-0.1, -0.05) is 29.8 Å². The molecule has 1 aliphatic rings. The molecule has 0 amide bonds. The lowest BCUT2D eigenvalue weighted by Gasteiger charge is -2.37. The van der Waals surface area contributed by atoms with E-state index in [0.29, 0.717) is 17.3 Å². The maximum absolute atomic E-state index is 10.4. The molecule has 1 saturated heterocycles. The molecular weight excluding hydrogens is 312 g/mol. The summed E-state index contributed by atoms with van der Waals surface area (Å²) in [5.41, 5.74) is 1.94. The molecule has 0 bridgehead atoms. The average Bonchev–Trinajstić information content (AvgIpc) is 2.56. The molecule has 2 N–H and O–H groups in total. The number of hydrogen-bond acceptors (Lipinski definition) is 4. The van der Waals surface area contributed by atoms with E-state index in [1.54, 1.807) is 24.3 Å². The molecule has 0 saturated carbocycles. The second-order valence-corrected chi connectivity index (χ2v) is 6.31. The average molecular weight is 333 g/mol. The first-order valence-corrected chi connectivity index (χ1v) is 8.19. The number of anilines is 1. The van der Waals surface area contributed by atoms with Crippen molar-refractivity contribution in [2.45, 2.75) is 6.10 Å². The predicted molar refractivity (Wildman–Crippen MR) is 93.2 cm³/mol. The van der Waals surface area contributed by atoms with Gasteiger partial charge in [0.05, 0.1) is 6.10 Å². The summed E-state index contributed by atoms with van der Waals surface area (Å²) in [7, 11) is 0. The van der Waals surface area contributed by atoms with E-state index in [2.05, 4.69) is 9.80 Å². The molecule has 2 aromatic rings. The van der Waals surface area contributed by atoms with Gasteiger partial charge in [-0.15, -0.1) is 0 Å². The number of hydrogen-bond donors (Lipinski definition) is 2. The largest absolute Gasteiger partial charge is 0.508 e. The fourth-order valence-corrected chi connectivity index (χ4v) is 3.04. The van der Waals surface area contributed by atoms with Crippen molar-refractivity contribution >= 4 is 17.3 Å². The Morgan fingerprint density at radius 1 is 1.00 bits per heavy atom. The van der Waals surface area contributed by atoms with Crippen LogP contribution in [-0.4, -0.2) is 47.8 Å². The molecule has 0 radical (unpaired) electrons. The summed E-state index contributed by atoms with van der Waals surface area (Å²) in [6, 6.07) is 14.7. The van der Waals surface area contributed by atoms with Gasteiger partial charge in [-0.05, 0) is 29.8 Å². The molecule has 1 aliphatic heterocycles. The smallest absolute Gasteiger partial charge is 0.117 e. The van der Waals surface area contributed by atoms with Gasteiger partial charge < -0.3 is 15.1 Å². The third-order valence-corrected chi connectivity index (χ3v) is 4.51. The van der Waals surface area contributed by atoms with Gasteiger partial charge in [0, 0.05) is 49.5 Å². The Bertz CT molecular complexity index is 640. The minimum Gasteiger partial charge on any atom is -0.508 e. The summed E-state index contributed by atoms with van der Waals surface area (Å²) in [5, 5.41) is 20.6. The molecule has 2 aromatic carbocycles. The molecule has 1 fully saturated rings. The Balaban J connectivity index is 1.54. The number of piperazine rings is 1. The number of β-amino-alcohol motifs (C(OH)–C–C–N with tert-alkyl or cyclic N) is 1.